The third-order valence-electron chi connectivity index (χ3n) is 5.67. The zero-order valence-corrected chi connectivity index (χ0v) is 14.2. The van der Waals surface area contributed by atoms with Crippen molar-refractivity contribution in [3.05, 3.63) is 23.0 Å². The summed E-state index contributed by atoms with van der Waals surface area (Å²) >= 11 is 0. The fourth-order valence-corrected chi connectivity index (χ4v) is 3.27. The van der Waals surface area contributed by atoms with Gasteiger partial charge in [-0.25, -0.2) is 0 Å². The van der Waals surface area contributed by atoms with Crippen LogP contribution in [0.2, 0.25) is 0 Å². The van der Waals surface area contributed by atoms with Gasteiger partial charge in [-0.15, -0.1) is 0 Å². The van der Waals surface area contributed by atoms with Crippen LogP contribution in [0.3, 0.4) is 0 Å². The number of fused-ring (bicyclic) bond motifs is 1. The van der Waals surface area contributed by atoms with E-state index in [-0.39, 0.29) is 17.1 Å². The maximum atomic E-state index is 11.9. The number of hydrogen-bond acceptors (Lipinski definition) is 4. The average molecular weight is 314 g/mol. The monoisotopic (exact) mass is 314 g/mol. The van der Waals surface area contributed by atoms with Crippen molar-refractivity contribution in [1.82, 2.24) is 10.3 Å². The van der Waals surface area contributed by atoms with Crippen molar-refractivity contribution in [2.75, 3.05) is 0 Å². The second-order valence-electron chi connectivity index (χ2n) is 7.94. The standard InChI is InChI=1S/C17H23BN2O3/c1-16(2)17(3,4)23-18(22-16)13-9-19-14-12(8-20-15(14)21)11(13)7-10-5-6-10/h9-10H,5-8H2,1-4H3,(H,20,21). The highest BCUT2D eigenvalue weighted by Crippen LogP contribution is 2.38. The summed E-state index contributed by atoms with van der Waals surface area (Å²) in [6.45, 7) is 8.79. The Morgan fingerprint density at radius 2 is 1.91 bits per heavy atom. The highest BCUT2D eigenvalue weighted by molar-refractivity contribution is 6.62. The van der Waals surface area contributed by atoms with Gasteiger partial charge in [-0.3, -0.25) is 9.78 Å². The van der Waals surface area contributed by atoms with Crippen LogP contribution in [0.15, 0.2) is 6.20 Å². The molecule has 4 rings (SSSR count). The van der Waals surface area contributed by atoms with Crippen molar-refractivity contribution in [2.45, 2.75) is 64.7 Å². The first-order valence-electron chi connectivity index (χ1n) is 8.43. The van der Waals surface area contributed by atoms with Gasteiger partial charge in [0.1, 0.15) is 5.69 Å². The van der Waals surface area contributed by atoms with Crippen molar-refractivity contribution < 1.29 is 14.1 Å². The molecule has 122 valence electrons. The van der Waals surface area contributed by atoms with E-state index in [4.69, 9.17) is 9.31 Å². The van der Waals surface area contributed by atoms with Crippen LogP contribution in [0.1, 0.15) is 62.2 Å². The predicted octanol–water partition coefficient (Wildman–Crippen LogP) is 1.58. The molecule has 2 fully saturated rings. The van der Waals surface area contributed by atoms with E-state index in [2.05, 4.69) is 38.0 Å². The smallest absolute Gasteiger partial charge is 0.399 e. The molecule has 3 aliphatic rings. The number of aromatic nitrogens is 1. The molecule has 0 radical (unpaired) electrons. The molecule has 2 aliphatic heterocycles. The lowest BCUT2D eigenvalue weighted by Crippen LogP contribution is -2.41. The molecule has 0 atom stereocenters. The van der Waals surface area contributed by atoms with E-state index in [1.165, 1.54) is 18.4 Å². The summed E-state index contributed by atoms with van der Waals surface area (Å²) in [6, 6.07) is 0. The molecule has 1 aromatic heterocycles. The first-order valence-corrected chi connectivity index (χ1v) is 8.43. The summed E-state index contributed by atoms with van der Waals surface area (Å²) in [4.78, 5) is 16.3. The van der Waals surface area contributed by atoms with Crippen molar-refractivity contribution in [3.8, 4) is 0 Å². The highest BCUT2D eigenvalue weighted by Gasteiger charge is 2.52. The summed E-state index contributed by atoms with van der Waals surface area (Å²) in [6.07, 6.45) is 5.30. The van der Waals surface area contributed by atoms with Crippen molar-refractivity contribution in [1.29, 1.82) is 0 Å². The minimum absolute atomic E-state index is 0.0717. The zero-order valence-electron chi connectivity index (χ0n) is 14.2. The van der Waals surface area contributed by atoms with Crippen LogP contribution in [0.4, 0.5) is 0 Å². The number of rotatable bonds is 3. The SMILES string of the molecule is CC1(C)OB(c2cnc3c(c2CC2CC2)CNC3=O)OC1(C)C. The minimum atomic E-state index is -0.415. The molecule has 0 unspecified atom stereocenters. The molecule has 3 heterocycles. The summed E-state index contributed by atoms with van der Waals surface area (Å²) in [5.41, 5.74) is 3.05. The topological polar surface area (TPSA) is 60.5 Å². The molecule has 1 amide bonds. The number of carbonyl (C=O) groups excluding carboxylic acids is 1. The van der Waals surface area contributed by atoms with Gasteiger partial charge in [-0.2, -0.15) is 0 Å². The lowest BCUT2D eigenvalue weighted by molar-refractivity contribution is 0.00578. The van der Waals surface area contributed by atoms with Gasteiger partial charge >= 0.3 is 7.12 Å². The molecule has 1 saturated carbocycles. The normalized spacial score (nSPS) is 24.7. The van der Waals surface area contributed by atoms with E-state index >= 15 is 0 Å². The van der Waals surface area contributed by atoms with Crippen LogP contribution in [-0.4, -0.2) is 29.2 Å². The average Bonchev–Trinajstić information content (AvgIpc) is 3.15. The summed E-state index contributed by atoms with van der Waals surface area (Å²) < 4.78 is 12.4. The molecule has 23 heavy (non-hydrogen) atoms. The number of pyridine rings is 1. The number of amides is 1. The van der Waals surface area contributed by atoms with Crippen LogP contribution in [0, 0.1) is 5.92 Å². The second kappa shape index (κ2) is 4.80. The summed E-state index contributed by atoms with van der Waals surface area (Å²) in [7, 11) is -0.415. The largest absolute Gasteiger partial charge is 0.496 e. The predicted molar refractivity (Wildman–Crippen MR) is 87.6 cm³/mol. The number of carbonyl (C=O) groups is 1. The first-order chi connectivity index (χ1) is 10.8. The molecule has 0 bridgehead atoms. The van der Waals surface area contributed by atoms with Crippen LogP contribution in [-0.2, 0) is 22.3 Å². The van der Waals surface area contributed by atoms with Gasteiger partial charge < -0.3 is 14.6 Å². The van der Waals surface area contributed by atoms with E-state index in [0.717, 1.165) is 23.4 Å². The van der Waals surface area contributed by atoms with Crippen molar-refractivity contribution >= 4 is 18.5 Å². The molecule has 1 N–H and O–H groups in total. The number of nitrogens with one attached hydrogen (secondary N) is 1. The third-order valence-corrected chi connectivity index (χ3v) is 5.67. The van der Waals surface area contributed by atoms with E-state index in [9.17, 15) is 4.79 Å². The van der Waals surface area contributed by atoms with Crippen LogP contribution >= 0.6 is 0 Å². The van der Waals surface area contributed by atoms with E-state index in [1.54, 1.807) is 6.20 Å². The molecule has 1 saturated heterocycles. The Labute approximate surface area is 137 Å². The Kier molecular flexibility index (Phi) is 3.16. The Balaban J connectivity index is 1.75. The van der Waals surface area contributed by atoms with Crippen LogP contribution < -0.4 is 10.8 Å². The maximum absolute atomic E-state index is 11.9. The van der Waals surface area contributed by atoms with Gasteiger partial charge in [0.15, 0.2) is 0 Å². The lowest BCUT2D eigenvalue weighted by atomic mass is 9.74. The molecule has 6 heteroatoms. The Morgan fingerprint density at radius 3 is 2.52 bits per heavy atom. The molecule has 1 aliphatic carbocycles. The lowest BCUT2D eigenvalue weighted by Gasteiger charge is -2.32. The Hall–Kier alpha value is -1.40. The molecular formula is C17H23BN2O3. The molecule has 0 aromatic carbocycles. The second-order valence-corrected chi connectivity index (χ2v) is 7.94. The van der Waals surface area contributed by atoms with Gasteiger partial charge in [0.25, 0.3) is 5.91 Å². The molecular weight excluding hydrogens is 291 g/mol. The molecule has 5 nitrogen and oxygen atoms in total. The van der Waals surface area contributed by atoms with E-state index in [0.29, 0.717) is 12.2 Å². The fourth-order valence-electron chi connectivity index (χ4n) is 3.27. The van der Waals surface area contributed by atoms with Crippen LogP contribution in [0.25, 0.3) is 0 Å². The van der Waals surface area contributed by atoms with Gasteiger partial charge in [0.05, 0.1) is 11.2 Å². The summed E-state index contributed by atoms with van der Waals surface area (Å²) in [5, 5.41) is 2.89. The van der Waals surface area contributed by atoms with Gasteiger partial charge in [-0.1, -0.05) is 0 Å². The minimum Gasteiger partial charge on any atom is -0.399 e. The van der Waals surface area contributed by atoms with Gasteiger partial charge in [-0.05, 0) is 58.4 Å². The quantitative estimate of drug-likeness (QED) is 0.861. The Bertz CT molecular complexity index is 667. The van der Waals surface area contributed by atoms with Crippen LogP contribution in [0.5, 0.6) is 0 Å². The highest BCUT2D eigenvalue weighted by atomic mass is 16.7. The van der Waals surface area contributed by atoms with Crippen molar-refractivity contribution in [2.24, 2.45) is 5.92 Å². The fraction of sp³-hybridized carbons (Fsp3) is 0.647. The van der Waals surface area contributed by atoms with Crippen molar-refractivity contribution in [3.63, 3.8) is 0 Å². The molecule has 0 spiro atoms. The van der Waals surface area contributed by atoms with E-state index < -0.39 is 7.12 Å². The molecule has 1 aromatic rings. The Morgan fingerprint density at radius 1 is 1.26 bits per heavy atom. The van der Waals surface area contributed by atoms with Gasteiger partial charge in [0, 0.05) is 23.8 Å². The van der Waals surface area contributed by atoms with Gasteiger partial charge in [0.2, 0.25) is 0 Å². The summed E-state index contributed by atoms with van der Waals surface area (Å²) in [5.74, 6) is 0.649. The maximum Gasteiger partial charge on any atom is 0.496 e. The number of nitrogens with zero attached hydrogens (tertiary/aromatic N) is 1. The zero-order chi connectivity index (χ0) is 16.4. The number of hydrogen-bond donors (Lipinski definition) is 1. The van der Waals surface area contributed by atoms with E-state index in [1.807, 2.05) is 0 Å². The third kappa shape index (κ3) is 2.39. The first kappa shape index (κ1) is 15.2.